The zero-order valence-electron chi connectivity index (χ0n) is 21.0. The molecule has 2 heterocycles. The van der Waals surface area contributed by atoms with Crippen LogP contribution in [0.4, 0.5) is 4.79 Å². The number of H-pyrrole nitrogens is 1. The molecule has 0 bridgehead atoms. The van der Waals surface area contributed by atoms with Crippen LogP contribution in [0.3, 0.4) is 0 Å². The lowest BCUT2D eigenvalue weighted by molar-refractivity contribution is 0.111. The molecule has 0 radical (unpaired) electrons. The van der Waals surface area contributed by atoms with Crippen LogP contribution in [-0.2, 0) is 0 Å². The molecule has 0 aliphatic heterocycles. The lowest BCUT2D eigenvalue weighted by atomic mass is 9.92. The summed E-state index contributed by atoms with van der Waals surface area (Å²) >= 11 is 0. The van der Waals surface area contributed by atoms with Crippen molar-refractivity contribution in [3.63, 3.8) is 0 Å². The highest BCUT2D eigenvalue weighted by atomic mass is 16.6. The number of carbonyl (C=O) groups is 1. The van der Waals surface area contributed by atoms with Gasteiger partial charge in [0.25, 0.3) is 5.56 Å². The molecule has 3 aliphatic carbocycles. The molecule has 6 rings (SSSR count). The minimum absolute atomic E-state index is 0.0264. The number of hydrogen-bond acceptors (Lipinski definition) is 6. The van der Waals surface area contributed by atoms with Gasteiger partial charge in [0.15, 0.2) is 28.5 Å². The maximum absolute atomic E-state index is 13.1. The van der Waals surface area contributed by atoms with Crippen molar-refractivity contribution < 1.29 is 14.3 Å². The van der Waals surface area contributed by atoms with Crippen LogP contribution in [0.15, 0.2) is 27.8 Å². The summed E-state index contributed by atoms with van der Waals surface area (Å²) in [6, 6.07) is 5.50. The molecule has 1 N–H and O–H groups in total. The van der Waals surface area contributed by atoms with Crippen LogP contribution in [0.1, 0.15) is 68.4 Å². The predicted molar refractivity (Wildman–Crippen MR) is 136 cm³/mol. The number of aromatic amines is 1. The summed E-state index contributed by atoms with van der Waals surface area (Å²) in [4.78, 5) is 48.3. The third kappa shape index (κ3) is 4.39. The van der Waals surface area contributed by atoms with E-state index < -0.39 is 6.09 Å². The van der Waals surface area contributed by atoms with Crippen LogP contribution in [0.2, 0.25) is 0 Å². The molecule has 3 fully saturated rings. The number of amides is 1. The molecule has 10 nitrogen and oxygen atoms in total. The van der Waals surface area contributed by atoms with Gasteiger partial charge in [0, 0.05) is 18.1 Å². The van der Waals surface area contributed by atoms with Gasteiger partial charge in [-0.05, 0) is 75.5 Å². The molecule has 37 heavy (non-hydrogen) atoms. The Balaban J connectivity index is 1.26. The smallest absolute Gasteiger partial charge is 0.416 e. The molecule has 0 saturated heterocycles. The van der Waals surface area contributed by atoms with Crippen LogP contribution in [-0.4, -0.2) is 49.8 Å². The Morgan fingerprint density at radius 2 is 1.84 bits per heavy atom. The standard InChI is InChI=1S/C27H29N5O5/c1-16-8-13-20(21(15-16)36-2)37-27(35)30(17-5-3-6-17)14-4-7-22-28-23-24(29-22)31(18-9-10-18)26(34)32(25(23)33)19-11-12-19/h8,13,15,17-19H,3,5-6,9-12,14H2,1-2H3,(H,28,29). The second-order valence-corrected chi connectivity index (χ2v) is 10.1. The first-order chi connectivity index (χ1) is 17.9. The van der Waals surface area contributed by atoms with E-state index in [4.69, 9.17) is 9.47 Å². The van der Waals surface area contributed by atoms with Gasteiger partial charge in [0.1, 0.15) is 0 Å². The first-order valence-corrected chi connectivity index (χ1v) is 12.8. The Morgan fingerprint density at radius 1 is 1.11 bits per heavy atom. The van der Waals surface area contributed by atoms with Gasteiger partial charge in [0.05, 0.1) is 13.7 Å². The molecular formula is C27H29N5O5. The molecule has 1 amide bonds. The van der Waals surface area contributed by atoms with Gasteiger partial charge in [-0.1, -0.05) is 12.0 Å². The molecule has 0 atom stereocenters. The van der Waals surface area contributed by atoms with Gasteiger partial charge in [-0.25, -0.2) is 14.6 Å². The summed E-state index contributed by atoms with van der Waals surface area (Å²) in [5.41, 5.74) is 1.05. The van der Waals surface area contributed by atoms with E-state index in [0.29, 0.717) is 28.5 Å². The van der Waals surface area contributed by atoms with Gasteiger partial charge in [0.2, 0.25) is 0 Å². The number of carbonyl (C=O) groups excluding carboxylic acids is 1. The van der Waals surface area contributed by atoms with Crippen molar-refractivity contribution in [1.82, 2.24) is 24.0 Å². The Bertz CT molecular complexity index is 1560. The number of hydrogen-bond donors (Lipinski definition) is 1. The van der Waals surface area contributed by atoms with Crippen LogP contribution in [0, 0.1) is 18.8 Å². The predicted octanol–water partition coefficient (Wildman–Crippen LogP) is 3.28. The average molecular weight is 504 g/mol. The Labute approximate surface area is 213 Å². The van der Waals surface area contributed by atoms with Crippen LogP contribution < -0.4 is 20.7 Å². The maximum Gasteiger partial charge on any atom is 0.416 e. The number of aryl methyl sites for hydroxylation is 1. The first-order valence-electron chi connectivity index (χ1n) is 12.8. The molecule has 3 aromatic rings. The third-order valence-corrected chi connectivity index (χ3v) is 7.30. The molecule has 0 spiro atoms. The summed E-state index contributed by atoms with van der Waals surface area (Å²) in [6.07, 6.45) is 5.82. The fraction of sp³-hybridized carbons (Fsp3) is 0.481. The number of fused-ring (bicyclic) bond motifs is 1. The zero-order valence-corrected chi connectivity index (χ0v) is 21.0. The molecule has 1 aromatic carbocycles. The summed E-state index contributed by atoms with van der Waals surface area (Å²) in [5, 5.41) is 0. The normalized spacial score (nSPS) is 17.1. The monoisotopic (exact) mass is 503 g/mol. The SMILES string of the molecule is COc1cc(C)ccc1OC(=O)N(CC#Cc1nc2c([nH]1)c(=O)n(C1CC1)c(=O)n2C1CC1)C1CCC1. The largest absolute Gasteiger partial charge is 0.493 e. The zero-order chi connectivity index (χ0) is 25.7. The molecule has 2 aromatic heterocycles. The molecule has 192 valence electrons. The fourth-order valence-corrected chi connectivity index (χ4v) is 4.74. The van der Waals surface area contributed by atoms with Crippen LogP contribution >= 0.6 is 0 Å². The average Bonchev–Trinajstić information content (AvgIpc) is 3.77. The minimum atomic E-state index is -0.486. The Morgan fingerprint density at radius 3 is 2.49 bits per heavy atom. The summed E-state index contributed by atoms with van der Waals surface area (Å²) in [7, 11) is 1.54. The van der Waals surface area contributed by atoms with Crippen molar-refractivity contribution in [2.24, 2.45) is 0 Å². The molecule has 10 heteroatoms. The van der Waals surface area contributed by atoms with Crippen LogP contribution in [0.25, 0.3) is 11.2 Å². The maximum atomic E-state index is 13.1. The number of benzene rings is 1. The van der Waals surface area contributed by atoms with E-state index >= 15 is 0 Å². The van der Waals surface area contributed by atoms with Gasteiger partial charge in [-0.2, -0.15) is 0 Å². The van der Waals surface area contributed by atoms with E-state index in [0.717, 1.165) is 50.5 Å². The van der Waals surface area contributed by atoms with E-state index in [1.54, 1.807) is 15.5 Å². The van der Waals surface area contributed by atoms with E-state index in [1.807, 2.05) is 19.1 Å². The van der Waals surface area contributed by atoms with Crippen molar-refractivity contribution in [3.8, 4) is 23.3 Å². The number of aromatic nitrogens is 4. The second kappa shape index (κ2) is 9.14. The molecule has 0 unspecified atom stereocenters. The third-order valence-electron chi connectivity index (χ3n) is 7.30. The van der Waals surface area contributed by atoms with Gasteiger partial charge >= 0.3 is 11.8 Å². The van der Waals surface area contributed by atoms with E-state index in [2.05, 4.69) is 21.8 Å². The highest BCUT2D eigenvalue weighted by Gasteiger charge is 2.34. The van der Waals surface area contributed by atoms with E-state index in [9.17, 15) is 14.4 Å². The minimum Gasteiger partial charge on any atom is -0.493 e. The van der Waals surface area contributed by atoms with Crippen LogP contribution in [0.5, 0.6) is 11.5 Å². The molecule has 3 saturated carbocycles. The highest BCUT2D eigenvalue weighted by molar-refractivity contribution is 5.73. The lowest BCUT2D eigenvalue weighted by Crippen LogP contribution is -2.45. The first kappa shape index (κ1) is 23.4. The fourth-order valence-electron chi connectivity index (χ4n) is 4.74. The van der Waals surface area contributed by atoms with Crippen molar-refractivity contribution in [2.45, 2.75) is 70.0 Å². The lowest BCUT2D eigenvalue weighted by Gasteiger charge is -2.35. The number of nitrogens with one attached hydrogen (secondary N) is 1. The van der Waals surface area contributed by atoms with Crippen molar-refractivity contribution >= 4 is 17.3 Å². The van der Waals surface area contributed by atoms with Gasteiger partial charge in [-0.3, -0.25) is 18.8 Å². The van der Waals surface area contributed by atoms with Crippen molar-refractivity contribution in [1.29, 1.82) is 0 Å². The molecule has 3 aliphatic rings. The highest BCUT2D eigenvalue weighted by Crippen LogP contribution is 2.37. The van der Waals surface area contributed by atoms with E-state index in [-0.39, 0.29) is 35.9 Å². The summed E-state index contributed by atoms with van der Waals surface area (Å²) in [6.45, 7) is 2.09. The number of methoxy groups -OCH3 is 1. The Hall–Kier alpha value is -4.00. The van der Waals surface area contributed by atoms with Gasteiger partial charge < -0.3 is 14.5 Å². The number of ether oxygens (including phenoxy) is 2. The number of imidazole rings is 1. The molecular weight excluding hydrogens is 474 g/mol. The van der Waals surface area contributed by atoms with Crippen molar-refractivity contribution in [2.75, 3.05) is 13.7 Å². The number of rotatable bonds is 6. The summed E-state index contributed by atoms with van der Waals surface area (Å²) in [5.74, 6) is 7.13. The quantitative estimate of drug-likeness (QED) is 0.517. The van der Waals surface area contributed by atoms with E-state index in [1.165, 1.54) is 11.7 Å². The Kier molecular flexibility index (Phi) is 5.78. The summed E-state index contributed by atoms with van der Waals surface area (Å²) < 4.78 is 14.0. The topological polar surface area (TPSA) is 111 Å². The van der Waals surface area contributed by atoms with Gasteiger partial charge in [-0.15, -0.1) is 0 Å². The van der Waals surface area contributed by atoms with Crippen molar-refractivity contribution in [3.05, 3.63) is 50.4 Å². The second-order valence-electron chi connectivity index (χ2n) is 10.1. The number of nitrogens with zero attached hydrogens (tertiary/aromatic N) is 4.